The second-order valence-electron chi connectivity index (χ2n) is 11.9. The average molecular weight is 567 g/mol. The van der Waals surface area contributed by atoms with Gasteiger partial charge in [0.05, 0.1) is 6.16 Å². The fraction of sp³-hybridized carbons (Fsp3) is 0.852. The van der Waals surface area contributed by atoms with Crippen LogP contribution in [0.5, 0.6) is 0 Å². The number of piperazine rings is 1. The second kappa shape index (κ2) is 14.9. The molecular formula is C27H51N8O3P. The highest BCUT2D eigenvalue weighted by molar-refractivity contribution is 7.51. The Balaban J connectivity index is 1.14. The number of anilines is 3. The van der Waals surface area contributed by atoms with Crippen LogP contribution >= 0.6 is 7.60 Å². The van der Waals surface area contributed by atoms with Gasteiger partial charge in [0, 0.05) is 50.4 Å². The number of rotatable bonds is 13. The van der Waals surface area contributed by atoms with E-state index in [0.29, 0.717) is 24.4 Å². The molecule has 3 aliphatic rings. The van der Waals surface area contributed by atoms with E-state index in [1.54, 1.807) is 0 Å². The fourth-order valence-electron chi connectivity index (χ4n) is 6.30. The number of hydrogen-bond donors (Lipinski definition) is 6. The van der Waals surface area contributed by atoms with Crippen molar-refractivity contribution in [2.24, 2.45) is 5.92 Å². The van der Waals surface area contributed by atoms with Gasteiger partial charge in [-0.15, -0.1) is 0 Å². The van der Waals surface area contributed by atoms with Crippen molar-refractivity contribution >= 4 is 25.2 Å². The number of nitrogens with one attached hydrogen (secondary N) is 3. The molecule has 3 fully saturated rings. The van der Waals surface area contributed by atoms with E-state index in [9.17, 15) is 14.4 Å². The van der Waals surface area contributed by atoms with Crippen LogP contribution in [0.2, 0.25) is 0 Å². The Morgan fingerprint density at radius 2 is 1.79 bits per heavy atom. The highest BCUT2D eigenvalue weighted by Crippen LogP contribution is 2.34. The van der Waals surface area contributed by atoms with E-state index >= 15 is 0 Å². The van der Waals surface area contributed by atoms with Crippen LogP contribution in [0, 0.1) is 5.92 Å². The third kappa shape index (κ3) is 10.4. The van der Waals surface area contributed by atoms with E-state index in [0.717, 1.165) is 69.9 Å². The minimum atomic E-state index is -3.99. The van der Waals surface area contributed by atoms with Crippen LogP contribution in [0.1, 0.15) is 71.1 Å². The zero-order chi connectivity index (χ0) is 27.7. The van der Waals surface area contributed by atoms with E-state index in [4.69, 9.17) is 10.7 Å². The number of nitrogens with zero attached hydrogens (tertiary/aromatic N) is 4. The van der Waals surface area contributed by atoms with E-state index < -0.39 is 7.60 Å². The lowest BCUT2D eigenvalue weighted by molar-refractivity contribution is 0.196. The molecule has 11 nitrogen and oxygen atoms in total. The van der Waals surface area contributed by atoms with Crippen LogP contribution in [0.25, 0.3) is 0 Å². The molecule has 7 N–H and O–H groups in total. The van der Waals surface area contributed by atoms with Crippen molar-refractivity contribution in [2.45, 2.75) is 89.3 Å². The fourth-order valence-corrected chi connectivity index (χ4v) is 6.82. The number of hydrogen-bond acceptors (Lipinski definition) is 9. The van der Waals surface area contributed by atoms with E-state index in [2.05, 4.69) is 37.7 Å². The normalized spacial score (nSPS) is 25.6. The third-order valence-electron chi connectivity index (χ3n) is 8.68. The van der Waals surface area contributed by atoms with Crippen molar-refractivity contribution in [2.75, 3.05) is 67.9 Å². The Labute approximate surface area is 234 Å². The Bertz CT molecular complexity index is 920. The summed E-state index contributed by atoms with van der Waals surface area (Å²) in [6, 6.07) is 3.09. The van der Waals surface area contributed by atoms with Crippen LogP contribution in [-0.2, 0) is 4.57 Å². The number of nitrogen functional groups attached to an aromatic ring is 1. The van der Waals surface area contributed by atoms with Gasteiger partial charge in [-0.1, -0.05) is 19.3 Å². The van der Waals surface area contributed by atoms with E-state index in [-0.39, 0.29) is 12.2 Å². The van der Waals surface area contributed by atoms with Crippen LogP contribution in [0.4, 0.5) is 17.6 Å². The van der Waals surface area contributed by atoms with E-state index in [1.165, 1.54) is 51.4 Å². The Morgan fingerprint density at radius 1 is 1.03 bits per heavy atom. The third-order valence-corrected chi connectivity index (χ3v) is 9.46. The molecule has 12 heteroatoms. The Morgan fingerprint density at radius 3 is 2.51 bits per heavy atom. The van der Waals surface area contributed by atoms with Gasteiger partial charge < -0.3 is 36.4 Å². The summed E-state index contributed by atoms with van der Waals surface area (Å²) in [6.45, 7) is 7.99. The van der Waals surface area contributed by atoms with Gasteiger partial charge >= 0.3 is 7.60 Å². The molecule has 0 radical (unpaired) electrons. The zero-order valence-electron chi connectivity index (χ0n) is 23.7. The summed E-state index contributed by atoms with van der Waals surface area (Å²) in [4.78, 5) is 32.0. The molecule has 0 spiro atoms. The van der Waals surface area contributed by atoms with Crippen LogP contribution in [0.15, 0.2) is 6.07 Å². The summed E-state index contributed by atoms with van der Waals surface area (Å²) in [5.41, 5.74) is 6.16. The first-order chi connectivity index (χ1) is 18.7. The van der Waals surface area contributed by atoms with Gasteiger partial charge in [-0.3, -0.25) is 9.46 Å². The Kier molecular flexibility index (Phi) is 11.7. The lowest BCUT2D eigenvalue weighted by Crippen LogP contribution is -2.52. The standard InChI is InChI=1S/C27H51N8O3P/c1-21-20-35(15-14-34(21)16-17-39(36,37)38)26-18-25(28)32-27(33-26)31-24-10-8-22(9-11-24)19-29-12-5-13-30-23-6-3-2-4-7-23/h18,21-24,29-30H,2-17,19-20H2,1H3,(H2,36,37,38)(H3,28,31,32,33)/t21-,22?,24?/m1/s1. The summed E-state index contributed by atoms with van der Waals surface area (Å²) in [6.07, 6.45) is 12.6. The number of nitrogens with two attached hydrogens (primary N) is 1. The summed E-state index contributed by atoms with van der Waals surface area (Å²) < 4.78 is 11.3. The average Bonchev–Trinajstić information content (AvgIpc) is 2.90. The second-order valence-corrected chi connectivity index (χ2v) is 13.7. The molecule has 0 bridgehead atoms. The quantitative estimate of drug-likeness (QED) is 0.154. The lowest BCUT2D eigenvalue weighted by atomic mass is 9.86. The minimum absolute atomic E-state index is 0.109. The van der Waals surface area contributed by atoms with E-state index in [1.807, 2.05) is 6.07 Å². The maximum atomic E-state index is 11.3. The van der Waals surface area contributed by atoms with Crippen molar-refractivity contribution in [3.05, 3.63) is 6.07 Å². The van der Waals surface area contributed by atoms with Gasteiger partial charge in [-0.05, 0) is 77.4 Å². The molecule has 1 aliphatic heterocycles. The molecule has 222 valence electrons. The Hall–Kier alpha value is -1.49. The molecule has 4 rings (SSSR count). The molecule has 39 heavy (non-hydrogen) atoms. The zero-order valence-corrected chi connectivity index (χ0v) is 24.6. The van der Waals surface area contributed by atoms with Crippen molar-refractivity contribution in [3.8, 4) is 0 Å². The lowest BCUT2D eigenvalue weighted by Gasteiger charge is -2.40. The molecule has 0 unspecified atom stereocenters. The smallest absolute Gasteiger partial charge is 0.326 e. The first kappa shape index (κ1) is 30.5. The molecule has 1 atom stereocenters. The van der Waals surface area contributed by atoms with Crippen molar-refractivity contribution in [3.63, 3.8) is 0 Å². The van der Waals surface area contributed by atoms with Gasteiger partial charge in [0.2, 0.25) is 5.95 Å². The number of aromatic nitrogens is 2. The van der Waals surface area contributed by atoms with Gasteiger partial charge in [-0.2, -0.15) is 9.97 Å². The maximum absolute atomic E-state index is 11.3. The molecule has 2 heterocycles. The topological polar surface area (TPSA) is 152 Å². The first-order valence-corrected chi connectivity index (χ1v) is 16.9. The SMILES string of the molecule is C[C@@H]1CN(c2cc(N)nc(NC3CCC(CNCCCNC4CCCCC4)CC3)n2)CCN1CCP(=O)(O)O. The van der Waals surface area contributed by atoms with Gasteiger partial charge in [0.15, 0.2) is 0 Å². The summed E-state index contributed by atoms with van der Waals surface area (Å²) >= 11 is 0. The summed E-state index contributed by atoms with van der Waals surface area (Å²) in [7, 11) is -3.99. The summed E-state index contributed by atoms with van der Waals surface area (Å²) in [5.74, 6) is 2.58. The van der Waals surface area contributed by atoms with Gasteiger partial charge in [0.25, 0.3) is 0 Å². The van der Waals surface area contributed by atoms with Gasteiger partial charge in [0.1, 0.15) is 11.6 Å². The van der Waals surface area contributed by atoms with Crippen LogP contribution in [-0.4, -0.2) is 94.8 Å². The molecule has 1 aromatic heterocycles. The van der Waals surface area contributed by atoms with Gasteiger partial charge in [-0.25, -0.2) is 0 Å². The molecule has 1 aromatic rings. The maximum Gasteiger partial charge on any atom is 0.326 e. The highest BCUT2D eigenvalue weighted by atomic mass is 31.2. The first-order valence-electron chi connectivity index (χ1n) is 15.1. The molecule has 0 amide bonds. The molecular weight excluding hydrogens is 515 g/mol. The summed E-state index contributed by atoms with van der Waals surface area (Å²) in [5, 5.41) is 11.0. The predicted molar refractivity (Wildman–Crippen MR) is 158 cm³/mol. The highest BCUT2D eigenvalue weighted by Gasteiger charge is 2.27. The molecule has 1 saturated heterocycles. The van der Waals surface area contributed by atoms with Crippen LogP contribution in [0.3, 0.4) is 0 Å². The van der Waals surface area contributed by atoms with Crippen molar-refractivity contribution in [1.82, 2.24) is 25.5 Å². The van der Waals surface area contributed by atoms with Crippen molar-refractivity contribution < 1.29 is 14.4 Å². The largest absolute Gasteiger partial charge is 0.383 e. The predicted octanol–water partition coefficient (Wildman–Crippen LogP) is 2.62. The molecule has 2 aliphatic carbocycles. The minimum Gasteiger partial charge on any atom is -0.383 e. The van der Waals surface area contributed by atoms with Crippen LogP contribution < -0.4 is 26.6 Å². The molecule has 0 aromatic carbocycles. The monoisotopic (exact) mass is 566 g/mol. The molecule has 2 saturated carbocycles. The van der Waals surface area contributed by atoms with Crippen molar-refractivity contribution in [1.29, 1.82) is 0 Å².